The maximum atomic E-state index is 13.3. The van der Waals surface area contributed by atoms with E-state index >= 15 is 0 Å². The van der Waals surface area contributed by atoms with E-state index in [0.29, 0.717) is 22.5 Å². The third kappa shape index (κ3) is 3.51. The molecule has 168 valence electrons. The first-order chi connectivity index (χ1) is 16.5. The van der Waals surface area contributed by atoms with E-state index in [-0.39, 0.29) is 17.2 Å². The highest BCUT2D eigenvalue weighted by Crippen LogP contribution is 2.43. The molecule has 1 aliphatic heterocycles. The minimum atomic E-state index is -0.885. The Hall–Kier alpha value is -4.72. The Morgan fingerprint density at radius 1 is 1.06 bits per heavy atom. The van der Waals surface area contributed by atoms with Crippen LogP contribution in [0.2, 0.25) is 0 Å². The van der Waals surface area contributed by atoms with Crippen LogP contribution in [0.3, 0.4) is 0 Å². The van der Waals surface area contributed by atoms with Crippen LogP contribution < -0.4 is 10.2 Å². The number of hydrogen-bond donors (Lipinski definition) is 3. The molecule has 3 heterocycles. The quantitative estimate of drug-likeness (QED) is 0.244. The number of nitrogens with one attached hydrogen (secondary N) is 2. The lowest BCUT2D eigenvalue weighted by atomic mass is 9.95. The molecule has 2 aromatic carbocycles. The standard InChI is InChI=1S/C26H20N4O4/c1-15(31)29-17-5-4-6-18(13-17)30-23(16-9-11-27-12-10-16)22(25(33)26(30)34)24(32)20-14-28-21-8-3-2-7-19(20)21/h2-14,23,28,32H,1H3,(H,29,31)/b24-22-. The molecule has 8 heteroatoms. The average Bonchev–Trinajstić information content (AvgIpc) is 3.38. The van der Waals surface area contributed by atoms with Crippen LogP contribution in [0.5, 0.6) is 0 Å². The Balaban J connectivity index is 1.71. The molecule has 1 aliphatic rings. The third-order valence-electron chi connectivity index (χ3n) is 5.76. The van der Waals surface area contributed by atoms with Crippen molar-refractivity contribution in [1.82, 2.24) is 9.97 Å². The van der Waals surface area contributed by atoms with Crippen LogP contribution in [-0.4, -0.2) is 32.7 Å². The number of hydrogen-bond acceptors (Lipinski definition) is 5. The van der Waals surface area contributed by atoms with Crippen molar-refractivity contribution in [3.63, 3.8) is 0 Å². The molecule has 5 rings (SSSR count). The van der Waals surface area contributed by atoms with Gasteiger partial charge >= 0.3 is 0 Å². The van der Waals surface area contributed by atoms with Gasteiger partial charge in [0, 0.05) is 53.4 Å². The number of anilines is 2. The van der Waals surface area contributed by atoms with Gasteiger partial charge in [-0.3, -0.25) is 24.3 Å². The second-order valence-electron chi connectivity index (χ2n) is 7.93. The first-order valence-electron chi connectivity index (χ1n) is 10.6. The number of amides is 2. The topological polar surface area (TPSA) is 115 Å². The largest absolute Gasteiger partial charge is 0.507 e. The van der Waals surface area contributed by atoms with E-state index in [2.05, 4.69) is 15.3 Å². The van der Waals surface area contributed by atoms with Crippen LogP contribution in [0.1, 0.15) is 24.1 Å². The predicted octanol–water partition coefficient (Wildman–Crippen LogP) is 4.15. The van der Waals surface area contributed by atoms with E-state index in [1.165, 1.54) is 11.8 Å². The highest BCUT2D eigenvalue weighted by molar-refractivity contribution is 6.51. The third-order valence-corrected chi connectivity index (χ3v) is 5.76. The number of ketones is 1. The second-order valence-corrected chi connectivity index (χ2v) is 7.93. The summed E-state index contributed by atoms with van der Waals surface area (Å²) in [5.74, 6) is -2.10. The fourth-order valence-electron chi connectivity index (χ4n) is 4.31. The number of Topliss-reactive ketones (excluding diaryl/α,β-unsaturated/α-hetero) is 1. The molecular weight excluding hydrogens is 432 g/mol. The lowest BCUT2D eigenvalue weighted by Gasteiger charge is -2.25. The van der Waals surface area contributed by atoms with Crippen LogP contribution >= 0.6 is 0 Å². The van der Waals surface area contributed by atoms with Gasteiger partial charge < -0.3 is 15.4 Å². The number of aromatic nitrogens is 2. The Bertz CT molecular complexity index is 1470. The molecule has 0 radical (unpaired) electrons. The second kappa shape index (κ2) is 8.32. The number of nitrogens with zero attached hydrogens (tertiary/aromatic N) is 2. The number of benzene rings is 2. The summed E-state index contributed by atoms with van der Waals surface area (Å²) in [6, 6.07) is 16.6. The van der Waals surface area contributed by atoms with E-state index in [1.54, 1.807) is 55.0 Å². The number of aliphatic hydroxyl groups is 1. The molecule has 3 N–H and O–H groups in total. The van der Waals surface area contributed by atoms with Gasteiger partial charge in [-0.15, -0.1) is 0 Å². The number of carbonyl (C=O) groups excluding carboxylic acids is 3. The summed E-state index contributed by atoms with van der Waals surface area (Å²) in [4.78, 5) is 46.6. The molecule has 0 bridgehead atoms. The molecule has 1 fully saturated rings. The summed E-state index contributed by atoms with van der Waals surface area (Å²) in [6.07, 6.45) is 4.75. The normalized spacial score (nSPS) is 17.3. The van der Waals surface area contributed by atoms with Crippen molar-refractivity contribution in [2.24, 2.45) is 0 Å². The molecule has 0 saturated carbocycles. The van der Waals surface area contributed by atoms with Crippen LogP contribution in [-0.2, 0) is 14.4 Å². The lowest BCUT2D eigenvalue weighted by Crippen LogP contribution is -2.29. The fourth-order valence-corrected chi connectivity index (χ4v) is 4.31. The molecule has 1 atom stereocenters. The van der Waals surface area contributed by atoms with Crippen molar-refractivity contribution in [3.8, 4) is 0 Å². The van der Waals surface area contributed by atoms with Gasteiger partial charge in [0.15, 0.2) is 0 Å². The van der Waals surface area contributed by atoms with Crippen molar-refractivity contribution in [2.75, 3.05) is 10.2 Å². The van der Waals surface area contributed by atoms with Crippen molar-refractivity contribution >= 4 is 45.6 Å². The number of aromatic amines is 1. The zero-order chi connectivity index (χ0) is 23.8. The van der Waals surface area contributed by atoms with Gasteiger partial charge in [0.2, 0.25) is 5.91 Å². The van der Waals surface area contributed by atoms with Crippen molar-refractivity contribution in [1.29, 1.82) is 0 Å². The maximum Gasteiger partial charge on any atom is 0.300 e. The number of H-pyrrole nitrogens is 1. The first kappa shape index (κ1) is 21.1. The molecular formula is C26H20N4O4. The van der Waals surface area contributed by atoms with Crippen molar-refractivity contribution in [2.45, 2.75) is 13.0 Å². The average molecular weight is 452 g/mol. The van der Waals surface area contributed by atoms with Gasteiger partial charge in [-0.25, -0.2) is 0 Å². The summed E-state index contributed by atoms with van der Waals surface area (Å²) in [5.41, 5.74) is 2.71. The summed E-state index contributed by atoms with van der Waals surface area (Å²) in [5, 5.41) is 14.8. The molecule has 4 aromatic rings. The summed E-state index contributed by atoms with van der Waals surface area (Å²) in [6.45, 7) is 1.39. The van der Waals surface area contributed by atoms with Crippen LogP contribution in [0.25, 0.3) is 16.7 Å². The lowest BCUT2D eigenvalue weighted by molar-refractivity contribution is -0.132. The number of fused-ring (bicyclic) bond motifs is 1. The predicted molar refractivity (Wildman–Crippen MR) is 128 cm³/mol. The molecule has 2 amide bonds. The van der Waals surface area contributed by atoms with E-state index in [0.717, 1.165) is 10.9 Å². The van der Waals surface area contributed by atoms with Gasteiger partial charge in [-0.1, -0.05) is 24.3 Å². The molecule has 1 saturated heterocycles. The zero-order valence-electron chi connectivity index (χ0n) is 18.1. The summed E-state index contributed by atoms with van der Waals surface area (Å²) < 4.78 is 0. The Morgan fingerprint density at radius 2 is 1.82 bits per heavy atom. The number of pyridine rings is 1. The minimum Gasteiger partial charge on any atom is -0.507 e. The van der Waals surface area contributed by atoms with Crippen molar-refractivity contribution < 1.29 is 19.5 Å². The van der Waals surface area contributed by atoms with E-state index in [9.17, 15) is 19.5 Å². The molecule has 2 aromatic heterocycles. The highest BCUT2D eigenvalue weighted by Gasteiger charge is 2.47. The van der Waals surface area contributed by atoms with Crippen LogP contribution in [0.15, 0.2) is 84.8 Å². The maximum absolute atomic E-state index is 13.3. The Morgan fingerprint density at radius 3 is 2.59 bits per heavy atom. The minimum absolute atomic E-state index is 0.0223. The summed E-state index contributed by atoms with van der Waals surface area (Å²) in [7, 11) is 0. The Labute approximate surface area is 194 Å². The van der Waals surface area contributed by atoms with Crippen molar-refractivity contribution in [3.05, 3.63) is 96.0 Å². The highest BCUT2D eigenvalue weighted by atomic mass is 16.3. The Kier molecular flexibility index (Phi) is 5.18. The van der Waals surface area contributed by atoms with E-state index < -0.39 is 17.7 Å². The smallest absolute Gasteiger partial charge is 0.300 e. The van der Waals surface area contributed by atoms with E-state index in [4.69, 9.17) is 0 Å². The van der Waals surface area contributed by atoms with E-state index in [1.807, 2.05) is 24.3 Å². The summed E-state index contributed by atoms with van der Waals surface area (Å²) >= 11 is 0. The number of para-hydroxylation sites is 1. The fraction of sp³-hybridized carbons (Fsp3) is 0.0769. The number of carbonyl (C=O) groups is 3. The molecule has 0 spiro atoms. The van der Waals surface area contributed by atoms with Crippen LogP contribution in [0.4, 0.5) is 11.4 Å². The van der Waals surface area contributed by atoms with Crippen LogP contribution in [0, 0.1) is 0 Å². The van der Waals surface area contributed by atoms with Gasteiger partial charge in [-0.2, -0.15) is 0 Å². The SMILES string of the molecule is CC(=O)Nc1cccc(N2C(=O)C(=O)/C(=C(\O)c3c[nH]c4ccccc34)C2c2ccncc2)c1. The molecule has 0 aliphatic carbocycles. The molecule has 34 heavy (non-hydrogen) atoms. The zero-order valence-corrected chi connectivity index (χ0v) is 18.1. The molecule has 8 nitrogen and oxygen atoms in total. The van der Waals surface area contributed by atoms with Gasteiger partial charge in [-0.05, 0) is 42.0 Å². The number of aliphatic hydroxyl groups excluding tert-OH is 1. The van der Waals surface area contributed by atoms with Gasteiger partial charge in [0.1, 0.15) is 5.76 Å². The molecule has 1 unspecified atom stereocenters. The van der Waals surface area contributed by atoms with Gasteiger partial charge in [0.05, 0.1) is 11.6 Å². The number of rotatable bonds is 4. The monoisotopic (exact) mass is 452 g/mol. The first-order valence-corrected chi connectivity index (χ1v) is 10.6. The van der Waals surface area contributed by atoms with Gasteiger partial charge in [0.25, 0.3) is 11.7 Å².